The lowest BCUT2D eigenvalue weighted by Crippen LogP contribution is -2.35. The van der Waals surface area contributed by atoms with Crippen LogP contribution in [0.1, 0.15) is 12.7 Å². The van der Waals surface area contributed by atoms with Gasteiger partial charge >= 0.3 is 0 Å². The van der Waals surface area contributed by atoms with Crippen LogP contribution in [0.2, 0.25) is 0 Å². The molecule has 0 fully saturated rings. The van der Waals surface area contributed by atoms with Gasteiger partial charge in [0.15, 0.2) is 0 Å². The van der Waals surface area contributed by atoms with Gasteiger partial charge in [-0.05, 0) is 36.4 Å². The summed E-state index contributed by atoms with van der Waals surface area (Å²) in [4.78, 5) is 27.5. The average molecular weight is 387 g/mol. The van der Waals surface area contributed by atoms with Crippen LogP contribution in [0.4, 0.5) is 5.69 Å². The SMILES string of the molecule is CC(=O)Nc1ccc(S(=O)(=O)NCc2nc3ccccc3c(=O)n2N)cc1. The van der Waals surface area contributed by atoms with Crippen molar-refractivity contribution in [1.29, 1.82) is 0 Å². The van der Waals surface area contributed by atoms with E-state index in [4.69, 9.17) is 5.84 Å². The van der Waals surface area contributed by atoms with E-state index in [1.165, 1.54) is 31.2 Å². The van der Waals surface area contributed by atoms with E-state index in [2.05, 4.69) is 15.0 Å². The molecule has 0 aliphatic carbocycles. The molecule has 0 saturated carbocycles. The van der Waals surface area contributed by atoms with Gasteiger partial charge in [-0.2, -0.15) is 0 Å². The minimum Gasteiger partial charge on any atom is -0.335 e. The predicted molar refractivity (Wildman–Crippen MR) is 101 cm³/mol. The van der Waals surface area contributed by atoms with Gasteiger partial charge < -0.3 is 11.2 Å². The monoisotopic (exact) mass is 387 g/mol. The first kappa shape index (κ1) is 18.5. The van der Waals surface area contributed by atoms with Gasteiger partial charge in [0.2, 0.25) is 15.9 Å². The van der Waals surface area contributed by atoms with E-state index in [9.17, 15) is 18.0 Å². The highest BCUT2D eigenvalue weighted by atomic mass is 32.2. The van der Waals surface area contributed by atoms with E-state index < -0.39 is 15.6 Å². The fourth-order valence-electron chi connectivity index (χ4n) is 2.48. The van der Waals surface area contributed by atoms with Crippen LogP contribution in [0.3, 0.4) is 0 Å². The standard InChI is InChI=1S/C17H17N5O4S/c1-11(23)20-12-6-8-13(9-7-12)27(25,26)19-10-16-21-15-5-3-2-4-14(15)17(24)22(16)18/h2-9,19H,10,18H2,1H3,(H,20,23). The molecule has 2 aromatic carbocycles. The van der Waals surface area contributed by atoms with Gasteiger partial charge in [-0.15, -0.1) is 0 Å². The molecule has 9 nitrogen and oxygen atoms in total. The van der Waals surface area contributed by atoms with Gasteiger partial charge in [0.25, 0.3) is 5.56 Å². The van der Waals surface area contributed by atoms with Crippen LogP contribution in [-0.2, 0) is 21.4 Å². The largest absolute Gasteiger partial charge is 0.335 e. The molecule has 0 unspecified atom stereocenters. The van der Waals surface area contributed by atoms with E-state index in [1.807, 2.05) is 0 Å². The molecule has 0 bridgehead atoms. The molecule has 10 heteroatoms. The molecular weight excluding hydrogens is 370 g/mol. The van der Waals surface area contributed by atoms with Crippen molar-refractivity contribution >= 4 is 32.5 Å². The first-order valence-electron chi connectivity index (χ1n) is 7.91. The lowest BCUT2D eigenvalue weighted by atomic mass is 10.2. The Kier molecular flexibility index (Phi) is 4.93. The van der Waals surface area contributed by atoms with Gasteiger partial charge in [-0.1, -0.05) is 12.1 Å². The van der Waals surface area contributed by atoms with E-state index in [0.717, 1.165) is 4.68 Å². The topological polar surface area (TPSA) is 136 Å². The van der Waals surface area contributed by atoms with Crippen molar-refractivity contribution in [2.75, 3.05) is 11.2 Å². The van der Waals surface area contributed by atoms with Crippen molar-refractivity contribution in [3.63, 3.8) is 0 Å². The summed E-state index contributed by atoms with van der Waals surface area (Å²) in [6.45, 7) is 1.10. The number of aromatic nitrogens is 2. The third kappa shape index (κ3) is 3.96. The summed E-state index contributed by atoms with van der Waals surface area (Å²) in [6, 6.07) is 12.3. The second-order valence-electron chi connectivity index (χ2n) is 5.75. The molecule has 27 heavy (non-hydrogen) atoms. The lowest BCUT2D eigenvalue weighted by molar-refractivity contribution is -0.114. The van der Waals surface area contributed by atoms with E-state index in [-0.39, 0.29) is 23.2 Å². The Balaban J connectivity index is 1.83. The number of fused-ring (bicyclic) bond motifs is 1. The Morgan fingerprint density at radius 2 is 1.81 bits per heavy atom. The number of nitrogen functional groups attached to an aromatic ring is 1. The zero-order chi connectivity index (χ0) is 19.6. The molecule has 1 aromatic heterocycles. The van der Waals surface area contributed by atoms with Gasteiger partial charge in [0.05, 0.1) is 22.3 Å². The van der Waals surface area contributed by atoms with Crippen molar-refractivity contribution in [1.82, 2.24) is 14.4 Å². The molecule has 0 aliphatic rings. The number of anilines is 1. The predicted octanol–water partition coefficient (Wildman–Crippen LogP) is 0.547. The Morgan fingerprint density at radius 1 is 1.15 bits per heavy atom. The van der Waals surface area contributed by atoms with Gasteiger partial charge in [-0.25, -0.2) is 22.8 Å². The molecule has 0 aliphatic heterocycles. The maximum Gasteiger partial charge on any atom is 0.279 e. The fourth-order valence-corrected chi connectivity index (χ4v) is 3.46. The number of sulfonamides is 1. The third-order valence-electron chi connectivity index (χ3n) is 3.79. The molecule has 0 radical (unpaired) electrons. The van der Waals surface area contributed by atoms with Crippen molar-refractivity contribution in [2.24, 2.45) is 0 Å². The number of benzene rings is 2. The Bertz CT molecular complexity index is 1170. The van der Waals surface area contributed by atoms with Crippen molar-refractivity contribution in [2.45, 2.75) is 18.4 Å². The first-order valence-corrected chi connectivity index (χ1v) is 9.39. The maximum absolute atomic E-state index is 12.4. The lowest BCUT2D eigenvalue weighted by Gasteiger charge is -2.11. The highest BCUT2D eigenvalue weighted by Gasteiger charge is 2.16. The minimum absolute atomic E-state index is 0.00306. The van der Waals surface area contributed by atoms with Crippen LogP contribution < -0.4 is 21.4 Å². The van der Waals surface area contributed by atoms with E-state index in [1.54, 1.807) is 24.3 Å². The second kappa shape index (κ2) is 7.17. The fraction of sp³-hybridized carbons (Fsp3) is 0.118. The quantitative estimate of drug-likeness (QED) is 0.547. The number of nitrogens with zero attached hydrogens (tertiary/aromatic N) is 2. The summed E-state index contributed by atoms with van der Waals surface area (Å²) in [5.41, 5.74) is 0.445. The summed E-state index contributed by atoms with van der Waals surface area (Å²) < 4.78 is 28.1. The van der Waals surface area contributed by atoms with Crippen molar-refractivity contribution in [3.05, 3.63) is 64.7 Å². The first-order chi connectivity index (χ1) is 12.8. The van der Waals surface area contributed by atoms with Crippen LogP contribution in [0.25, 0.3) is 10.9 Å². The normalized spacial score (nSPS) is 11.4. The van der Waals surface area contributed by atoms with Gasteiger partial charge in [-0.3, -0.25) is 9.59 Å². The number of hydrogen-bond acceptors (Lipinski definition) is 6. The van der Waals surface area contributed by atoms with Crippen molar-refractivity contribution in [3.8, 4) is 0 Å². The number of amides is 1. The van der Waals surface area contributed by atoms with Gasteiger partial charge in [0, 0.05) is 12.6 Å². The van der Waals surface area contributed by atoms with Gasteiger partial charge in [0.1, 0.15) is 5.82 Å². The number of carbonyl (C=O) groups excluding carboxylic acids is 1. The number of nitrogens with one attached hydrogen (secondary N) is 2. The minimum atomic E-state index is -3.86. The molecule has 3 rings (SSSR count). The van der Waals surface area contributed by atoms with Crippen LogP contribution in [0.5, 0.6) is 0 Å². The highest BCUT2D eigenvalue weighted by Crippen LogP contribution is 2.14. The molecule has 140 valence electrons. The molecule has 1 heterocycles. The second-order valence-corrected chi connectivity index (χ2v) is 7.52. The molecule has 3 aromatic rings. The summed E-state index contributed by atoms with van der Waals surface area (Å²) in [5.74, 6) is 5.57. The summed E-state index contributed by atoms with van der Waals surface area (Å²) in [6.07, 6.45) is 0. The Morgan fingerprint density at radius 3 is 2.48 bits per heavy atom. The molecule has 1 amide bonds. The number of para-hydroxylation sites is 1. The van der Waals surface area contributed by atoms with E-state index >= 15 is 0 Å². The summed E-state index contributed by atoms with van der Waals surface area (Å²) >= 11 is 0. The smallest absolute Gasteiger partial charge is 0.279 e. The average Bonchev–Trinajstić information content (AvgIpc) is 2.63. The third-order valence-corrected chi connectivity index (χ3v) is 5.20. The summed E-state index contributed by atoms with van der Waals surface area (Å²) in [5, 5.41) is 2.90. The van der Waals surface area contributed by atoms with E-state index in [0.29, 0.717) is 16.6 Å². The number of carbonyl (C=O) groups is 1. The number of rotatable bonds is 5. The molecular formula is C17H17N5O4S. The Hall–Kier alpha value is -3.24. The van der Waals surface area contributed by atoms with Crippen LogP contribution in [0, 0.1) is 0 Å². The number of hydrogen-bond donors (Lipinski definition) is 3. The maximum atomic E-state index is 12.4. The van der Waals surface area contributed by atoms with Crippen LogP contribution in [-0.4, -0.2) is 24.0 Å². The zero-order valence-corrected chi connectivity index (χ0v) is 15.2. The van der Waals surface area contributed by atoms with Crippen LogP contribution in [0.15, 0.2) is 58.2 Å². The zero-order valence-electron chi connectivity index (χ0n) is 14.3. The van der Waals surface area contributed by atoms with Crippen LogP contribution >= 0.6 is 0 Å². The highest BCUT2D eigenvalue weighted by molar-refractivity contribution is 7.89. The van der Waals surface area contributed by atoms with Crippen molar-refractivity contribution < 1.29 is 13.2 Å². The molecule has 0 spiro atoms. The molecule has 4 N–H and O–H groups in total. The molecule has 0 saturated heterocycles. The summed E-state index contributed by atoms with van der Waals surface area (Å²) in [7, 11) is -3.86. The number of nitrogens with two attached hydrogens (primary N) is 1. The Labute approximate surface area is 154 Å². The molecule has 0 atom stereocenters.